The predicted octanol–water partition coefficient (Wildman–Crippen LogP) is 4.60. The molecule has 26 heavy (non-hydrogen) atoms. The number of alkyl halides is 3. The first-order valence-electron chi connectivity index (χ1n) is 7.75. The molecule has 4 rings (SSSR count). The third kappa shape index (κ3) is 3.16. The molecule has 1 aliphatic heterocycles. The summed E-state index contributed by atoms with van der Waals surface area (Å²) in [6.45, 7) is 0.544. The van der Waals surface area contributed by atoms with Gasteiger partial charge in [0, 0.05) is 17.9 Å². The largest absolute Gasteiger partial charge is 0.416 e. The minimum Gasteiger partial charge on any atom is -0.322 e. The van der Waals surface area contributed by atoms with Crippen LogP contribution in [-0.4, -0.2) is 31.9 Å². The van der Waals surface area contributed by atoms with Crippen LogP contribution >= 0.6 is 23.5 Å². The van der Waals surface area contributed by atoms with Crippen molar-refractivity contribution in [1.29, 1.82) is 0 Å². The normalized spacial score (nSPS) is 17.8. The lowest BCUT2D eigenvalue weighted by molar-refractivity contribution is -0.137. The van der Waals surface area contributed by atoms with Crippen LogP contribution in [0, 0.1) is 0 Å². The van der Waals surface area contributed by atoms with Gasteiger partial charge in [0.05, 0.1) is 17.3 Å². The number of amides is 1. The van der Waals surface area contributed by atoms with Crippen LogP contribution in [0.2, 0.25) is 0 Å². The summed E-state index contributed by atoms with van der Waals surface area (Å²) < 4.78 is 46.5. The van der Waals surface area contributed by atoms with Crippen LogP contribution in [-0.2, 0) is 6.18 Å². The van der Waals surface area contributed by atoms with Gasteiger partial charge in [-0.05, 0) is 35.9 Å². The first kappa shape index (κ1) is 17.3. The number of carbonyl (C=O) groups is 1. The van der Waals surface area contributed by atoms with Crippen LogP contribution in [0.4, 0.5) is 13.2 Å². The van der Waals surface area contributed by atoms with Crippen LogP contribution < -0.4 is 0 Å². The predicted molar refractivity (Wildman–Crippen MR) is 95.1 cm³/mol. The van der Waals surface area contributed by atoms with Gasteiger partial charge in [-0.2, -0.15) is 21.9 Å². The highest BCUT2D eigenvalue weighted by Gasteiger charge is 2.33. The quantitative estimate of drug-likeness (QED) is 0.636. The standard InChI is InChI=1S/C17H12F3N3OS2/c18-17(19,20)12-4-1-10(2-5-12)16-23(7-8-25-16)15(24)11-3-6-13-14(9-11)22-26-21-13/h1-6,9,16H,7-8H2/t16-/m0/s1. The lowest BCUT2D eigenvalue weighted by atomic mass is 10.1. The second-order valence-electron chi connectivity index (χ2n) is 5.81. The van der Waals surface area contributed by atoms with Gasteiger partial charge in [0.25, 0.3) is 5.91 Å². The number of aromatic nitrogens is 2. The second kappa shape index (κ2) is 6.55. The molecule has 2 aromatic carbocycles. The van der Waals surface area contributed by atoms with E-state index in [2.05, 4.69) is 8.75 Å². The third-order valence-corrected chi connectivity index (χ3v) is 5.99. The van der Waals surface area contributed by atoms with Crippen molar-refractivity contribution in [3.8, 4) is 0 Å². The van der Waals surface area contributed by atoms with Crippen LogP contribution in [0.3, 0.4) is 0 Å². The van der Waals surface area contributed by atoms with E-state index >= 15 is 0 Å². The summed E-state index contributed by atoms with van der Waals surface area (Å²) in [6.07, 6.45) is -4.37. The van der Waals surface area contributed by atoms with Crippen molar-refractivity contribution >= 4 is 40.4 Å². The number of hydrogen-bond acceptors (Lipinski definition) is 5. The maximum Gasteiger partial charge on any atom is 0.416 e. The van der Waals surface area contributed by atoms with Crippen LogP contribution in [0.25, 0.3) is 11.0 Å². The SMILES string of the molecule is O=C(c1ccc2nsnc2c1)N1CCS[C@H]1c1ccc(C(F)(F)F)cc1. The van der Waals surface area contributed by atoms with Gasteiger partial charge < -0.3 is 4.90 Å². The van der Waals surface area contributed by atoms with E-state index in [4.69, 9.17) is 0 Å². The van der Waals surface area contributed by atoms with Gasteiger partial charge in [-0.25, -0.2) is 0 Å². The van der Waals surface area contributed by atoms with E-state index in [9.17, 15) is 18.0 Å². The van der Waals surface area contributed by atoms with Crippen LogP contribution in [0.1, 0.15) is 26.9 Å². The smallest absolute Gasteiger partial charge is 0.322 e. The van der Waals surface area contributed by atoms with Gasteiger partial charge in [-0.15, -0.1) is 11.8 Å². The number of halogens is 3. The number of benzene rings is 2. The van der Waals surface area contributed by atoms with Crippen molar-refractivity contribution < 1.29 is 18.0 Å². The average molecular weight is 395 g/mol. The Kier molecular flexibility index (Phi) is 4.36. The highest BCUT2D eigenvalue weighted by atomic mass is 32.2. The topological polar surface area (TPSA) is 46.1 Å². The van der Waals surface area contributed by atoms with Crippen molar-refractivity contribution in [3.05, 3.63) is 59.2 Å². The molecule has 0 spiro atoms. The molecule has 0 N–H and O–H groups in total. The summed E-state index contributed by atoms with van der Waals surface area (Å²) >= 11 is 2.63. The Morgan fingerprint density at radius 3 is 2.54 bits per heavy atom. The molecule has 0 radical (unpaired) electrons. The molecule has 1 amide bonds. The van der Waals surface area contributed by atoms with E-state index in [1.165, 1.54) is 12.1 Å². The van der Waals surface area contributed by atoms with Gasteiger partial charge in [0.15, 0.2) is 0 Å². The zero-order valence-electron chi connectivity index (χ0n) is 13.2. The van der Waals surface area contributed by atoms with Gasteiger partial charge in [0.1, 0.15) is 16.4 Å². The minimum atomic E-state index is -4.37. The molecule has 0 aliphatic carbocycles. The van der Waals surface area contributed by atoms with Crippen LogP contribution in [0.5, 0.6) is 0 Å². The number of thioether (sulfide) groups is 1. The van der Waals surface area contributed by atoms with Crippen molar-refractivity contribution in [2.45, 2.75) is 11.6 Å². The van der Waals surface area contributed by atoms with Gasteiger partial charge >= 0.3 is 6.18 Å². The molecule has 3 aromatic rings. The highest BCUT2D eigenvalue weighted by molar-refractivity contribution is 7.99. The Balaban J connectivity index is 1.60. The number of carbonyl (C=O) groups excluding carboxylic acids is 1. The molecule has 9 heteroatoms. The minimum absolute atomic E-state index is 0.158. The van der Waals surface area contributed by atoms with Crippen molar-refractivity contribution in [3.63, 3.8) is 0 Å². The Labute approximate surface area is 155 Å². The van der Waals surface area contributed by atoms with E-state index in [1.54, 1.807) is 34.9 Å². The summed E-state index contributed by atoms with van der Waals surface area (Å²) in [7, 11) is 0. The maximum atomic E-state index is 12.9. The van der Waals surface area contributed by atoms with Crippen molar-refractivity contribution in [2.24, 2.45) is 0 Å². The first-order valence-corrected chi connectivity index (χ1v) is 9.53. The average Bonchev–Trinajstić information content (AvgIpc) is 3.29. The lowest BCUT2D eigenvalue weighted by Crippen LogP contribution is -2.30. The van der Waals surface area contributed by atoms with Gasteiger partial charge in [-0.3, -0.25) is 4.79 Å². The number of rotatable bonds is 2. The fourth-order valence-electron chi connectivity index (χ4n) is 2.87. The molecule has 1 aliphatic rings. The molecule has 134 valence electrons. The summed E-state index contributed by atoms with van der Waals surface area (Å²) in [6, 6.07) is 10.2. The number of nitrogens with zero attached hydrogens (tertiary/aromatic N) is 3. The molecule has 2 heterocycles. The molecule has 1 atom stereocenters. The Hall–Kier alpha value is -2.13. The maximum absolute atomic E-state index is 12.9. The summed E-state index contributed by atoms with van der Waals surface area (Å²) in [5, 5.41) is -0.297. The third-order valence-electron chi connectivity index (χ3n) is 4.18. The van der Waals surface area contributed by atoms with Crippen molar-refractivity contribution in [2.75, 3.05) is 12.3 Å². The summed E-state index contributed by atoms with van der Waals surface area (Å²) in [5.41, 5.74) is 1.90. The van der Waals surface area contributed by atoms with Crippen LogP contribution in [0.15, 0.2) is 42.5 Å². The molecule has 1 aromatic heterocycles. The zero-order valence-corrected chi connectivity index (χ0v) is 14.9. The molecule has 0 saturated carbocycles. The van der Waals surface area contributed by atoms with Crippen molar-refractivity contribution in [1.82, 2.24) is 13.6 Å². The number of fused-ring (bicyclic) bond motifs is 1. The Morgan fingerprint density at radius 2 is 1.81 bits per heavy atom. The van der Waals surface area contributed by atoms with Gasteiger partial charge in [-0.1, -0.05) is 12.1 Å². The Morgan fingerprint density at radius 1 is 1.08 bits per heavy atom. The molecule has 1 saturated heterocycles. The summed E-state index contributed by atoms with van der Waals surface area (Å²) in [4.78, 5) is 14.6. The fraction of sp³-hybridized carbons (Fsp3) is 0.235. The molecular formula is C17H12F3N3OS2. The molecule has 1 fully saturated rings. The van der Waals surface area contributed by atoms with E-state index < -0.39 is 11.7 Å². The molecule has 0 unspecified atom stereocenters. The van der Waals surface area contributed by atoms with E-state index in [-0.39, 0.29) is 11.3 Å². The first-order chi connectivity index (χ1) is 12.4. The highest BCUT2D eigenvalue weighted by Crippen LogP contribution is 2.40. The van der Waals surface area contributed by atoms with E-state index in [0.29, 0.717) is 23.2 Å². The van der Waals surface area contributed by atoms with Gasteiger partial charge in [0.2, 0.25) is 0 Å². The molecule has 4 nitrogen and oxygen atoms in total. The fourth-order valence-corrected chi connectivity index (χ4v) is 4.65. The number of hydrogen-bond donors (Lipinski definition) is 0. The second-order valence-corrected chi connectivity index (χ2v) is 7.53. The molecular weight excluding hydrogens is 383 g/mol. The Bertz CT molecular complexity index is 956. The molecule has 0 bridgehead atoms. The van der Waals surface area contributed by atoms with E-state index in [0.717, 1.165) is 35.1 Å². The summed E-state index contributed by atoms with van der Waals surface area (Å²) in [5.74, 6) is 0.576. The zero-order chi connectivity index (χ0) is 18.3. The van der Waals surface area contributed by atoms with E-state index in [1.807, 2.05) is 0 Å². The lowest BCUT2D eigenvalue weighted by Gasteiger charge is -2.24. The monoisotopic (exact) mass is 395 g/mol.